The van der Waals surface area contributed by atoms with Crippen LogP contribution in [0.15, 0.2) is 53.0 Å². The number of rotatable bonds is 4. The van der Waals surface area contributed by atoms with E-state index in [-0.39, 0.29) is 11.6 Å². The monoisotopic (exact) mass is 319 g/mol. The van der Waals surface area contributed by atoms with Crippen molar-refractivity contribution in [3.63, 3.8) is 0 Å². The van der Waals surface area contributed by atoms with Gasteiger partial charge in [-0.05, 0) is 42.8 Å². The van der Waals surface area contributed by atoms with Crippen LogP contribution < -0.4 is 5.32 Å². The highest BCUT2D eigenvalue weighted by atomic mass is 79.9. The molecule has 19 heavy (non-hydrogen) atoms. The summed E-state index contributed by atoms with van der Waals surface area (Å²) >= 11 is 3.44. The van der Waals surface area contributed by atoms with Crippen LogP contribution in [0.25, 0.3) is 0 Å². The molecule has 0 spiro atoms. The molecular weight excluding hydrogens is 306 g/mol. The molecule has 0 aromatic heterocycles. The Labute approximate surface area is 120 Å². The summed E-state index contributed by atoms with van der Waals surface area (Å²) in [7, 11) is 0. The number of carboxylic acid groups (broad SMARTS) is 1. The standard InChI is InChI=1S/C15H14BrNO2/c1-10(11-4-2-6-13(16)8-11)17-14-7-3-5-12(9-14)15(18)19/h2-10,17H,1H3,(H,18,19). The molecule has 98 valence electrons. The Kier molecular flexibility index (Phi) is 4.22. The normalized spacial score (nSPS) is 11.9. The Morgan fingerprint density at radius 1 is 1.21 bits per heavy atom. The van der Waals surface area contributed by atoms with Crippen molar-refractivity contribution in [2.75, 3.05) is 5.32 Å². The van der Waals surface area contributed by atoms with Crippen molar-refractivity contribution in [3.8, 4) is 0 Å². The highest BCUT2D eigenvalue weighted by Crippen LogP contribution is 2.22. The highest BCUT2D eigenvalue weighted by Gasteiger charge is 2.07. The molecule has 0 saturated carbocycles. The zero-order valence-electron chi connectivity index (χ0n) is 10.4. The third-order valence-electron chi connectivity index (χ3n) is 2.84. The molecule has 1 atom stereocenters. The van der Waals surface area contributed by atoms with E-state index in [1.165, 1.54) is 0 Å². The van der Waals surface area contributed by atoms with Gasteiger partial charge in [0, 0.05) is 16.2 Å². The summed E-state index contributed by atoms with van der Waals surface area (Å²) in [4.78, 5) is 10.9. The molecule has 3 nitrogen and oxygen atoms in total. The number of anilines is 1. The van der Waals surface area contributed by atoms with Crippen LogP contribution in [0.4, 0.5) is 5.69 Å². The Morgan fingerprint density at radius 3 is 2.63 bits per heavy atom. The maximum Gasteiger partial charge on any atom is 0.335 e. The summed E-state index contributed by atoms with van der Waals surface area (Å²) in [5, 5.41) is 12.3. The van der Waals surface area contributed by atoms with E-state index in [0.29, 0.717) is 0 Å². The van der Waals surface area contributed by atoms with Gasteiger partial charge in [0.25, 0.3) is 0 Å². The molecular formula is C15H14BrNO2. The molecule has 1 unspecified atom stereocenters. The van der Waals surface area contributed by atoms with Gasteiger partial charge in [-0.15, -0.1) is 0 Å². The second-order valence-electron chi connectivity index (χ2n) is 4.31. The fourth-order valence-corrected chi connectivity index (χ4v) is 2.27. The molecule has 0 saturated heterocycles. The zero-order valence-corrected chi connectivity index (χ0v) is 12.0. The number of nitrogens with one attached hydrogen (secondary N) is 1. The van der Waals surface area contributed by atoms with Crippen LogP contribution in [0.1, 0.15) is 28.9 Å². The lowest BCUT2D eigenvalue weighted by Crippen LogP contribution is -2.07. The second kappa shape index (κ2) is 5.89. The van der Waals surface area contributed by atoms with Gasteiger partial charge in [0.1, 0.15) is 0 Å². The Morgan fingerprint density at radius 2 is 1.95 bits per heavy atom. The SMILES string of the molecule is CC(Nc1cccc(C(=O)O)c1)c1cccc(Br)c1. The number of halogens is 1. The lowest BCUT2D eigenvalue weighted by molar-refractivity contribution is 0.0697. The number of benzene rings is 2. The highest BCUT2D eigenvalue weighted by molar-refractivity contribution is 9.10. The first kappa shape index (κ1) is 13.6. The first-order chi connectivity index (χ1) is 9.06. The molecule has 0 aliphatic carbocycles. The van der Waals surface area contributed by atoms with Crippen molar-refractivity contribution in [2.45, 2.75) is 13.0 Å². The molecule has 2 aromatic carbocycles. The van der Waals surface area contributed by atoms with Gasteiger partial charge in [-0.25, -0.2) is 4.79 Å². The minimum atomic E-state index is -0.918. The fraction of sp³-hybridized carbons (Fsp3) is 0.133. The summed E-state index contributed by atoms with van der Waals surface area (Å²) < 4.78 is 1.03. The van der Waals surface area contributed by atoms with Gasteiger partial charge < -0.3 is 10.4 Å². The largest absolute Gasteiger partial charge is 0.478 e. The average Bonchev–Trinajstić information content (AvgIpc) is 2.39. The summed E-state index contributed by atoms with van der Waals surface area (Å²) in [5.74, 6) is -0.918. The zero-order chi connectivity index (χ0) is 13.8. The molecule has 0 amide bonds. The Balaban J connectivity index is 2.17. The number of aromatic carboxylic acids is 1. The number of carboxylic acids is 1. The molecule has 2 aromatic rings. The van der Waals surface area contributed by atoms with E-state index in [2.05, 4.69) is 21.2 Å². The van der Waals surface area contributed by atoms with Gasteiger partial charge in [0.2, 0.25) is 0 Å². The Bertz CT molecular complexity index is 598. The van der Waals surface area contributed by atoms with Crippen LogP contribution in [0.3, 0.4) is 0 Å². The minimum absolute atomic E-state index is 0.0987. The van der Waals surface area contributed by atoms with E-state index in [9.17, 15) is 4.79 Å². The molecule has 0 radical (unpaired) electrons. The molecule has 0 bridgehead atoms. The van der Waals surface area contributed by atoms with Crippen molar-refractivity contribution in [1.82, 2.24) is 0 Å². The summed E-state index contributed by atoms with van der Waals surface area (Å²) in [6, 6.07) is 14.9. The van der Waals surface area contributed by atoms with E-state index in [4.69, 9.17) is 5.11 Å². The smallest absolute Gasteiger partial charge is 0.335 e. The van der Waals surface area contributed by atoms with Crippen LogP contribution >= 0.6 is 15.9 Å². The van der Waals surface area contributed by atoms with E-state index in [0.717, 1.165) is 15.7 Å². The summed E-state index contributed by atoms with van der Waals surface area (Å²) in [6.07, 6.45) is 0. The molecule has 0 aliphatic rings. The van der Waals surface area contributed by atoms with Crippen molar-refractivity contribution in [2.24, 2.45) is 0 Å². The maximum absolute atomic E-state index is 10.9. The lowest BCUT2D eigenvalue weighted by atomic mass is 10.1. The number of hydrogen-bond donors (Lipinski definition) is 2. The summed E-state index contributed by atoms with van der Waals surface area (Å²) in [5.41, 5.74) is 2.22. The van der Waals surface area contributed by atoms with E-state index in [1.807, 2.05) is 37.3 Å². The van der Waals surface area contributed by atoms with Crippen molar-refractivity contribution < 1.29 is 9.90 Å². The van der Waals surface area contributed by atoms with Crippen LogP contribution in [-0.4, -0.2) is 11.1 Å². The van der Waals surface area contributed by atoms with Crippen molar-refractivity contribution >= 4 is 27.6 Å². The quantitative estimate of drug-likeness (QED) is 0.882. The number of carbonyl (C=O) groups is 1. The van der Waals surface area contributed by atoms with Crippen LogP contribution in [0.5, 0.6) is 0 Å². The lowest BCUT2D eigenvalue weighted by Gasteiger charge is -2.16. The molecule has 2 rings (SSSR count). The maximum atomic E-state index is 10.9. The minimum Gasteiger partial charge on any atom is -0.478 e. The third-order valence-corrected chi connectivity index (χ3v) is 3.33. The molecule has 0 heterocycles. The van der Waals surface area contributed by atoms with Crippen molar-refractivity contribution in [1.29, 1.82) is 0 Å². The van der Waals surface area contributed by atoms with Gasteiger partial charge in [0.05, 0.1) is 5.56 Å². The van der Waals surface area contributed by atoms with Gasteiger partial charge in [-0.2, -0.15) is 0 Å². The molecule has 0 fully saturated rings. The number of hydrogen-bond acceptors (Lipinski definition) is 2. The van der Waals surface area contributed by atoms with Crippen LogP contribution in [0.2, 0.25) is 0 Å². The summed E-state index contributed by atoms with van der Waals surface area (Å²) in [6.45, 7) is 2.04. The molecule has 0 aliphatic heterocycles. The van der Waals surface area contributed by atoms with Gasteiger partial charge in [-0.1, -0.05) is 34.1 Å². The first-order valence-corrected chi connectivity index (χ1v) is 6.71. The van der Waals surface area contributed by atoms with E-state index >= 15 is 0 Å². The predicted molar refractivity (Wildman–Crippen MR) is 79.6 cm³/mol. The predicted octanol–water partition coefficient (Wildman–Crippen LogP) is 4.32. The van der Waals surface area contributed by atoms with Crippen LogP contribution in [0, 0.1) is 0 Å². The topological polar surface area (TPSA) is 49.3 Å². The van der Waals surface area contributed by atoms with Gasteiger partial charge in [0.15, 0.2) is 0 Å². The van der Waals surface area contributed by atoms with Crippen LogP contribution in [-0.2, 0) is 0 Å². The molecule has 4 heteroatoms. The first-order valence-electron chi connectivity index (χ1n) is 5.91. The average molecular weight is 320 g/mol. The van der Waals surface area contributed by atoms with Gasteiger partial charge >= 0.3 is 5.97 Å². The van der Waals surface area contributed by atoms with Gasteiger partial charge in [-0.3, -0.25) is 0 Å². The Hall–Kier alpha value is -1.81. The third kappa shape index (κ3) is 3.58. The fourth-order valence-electron chi connectivity index (χ4n) is 1.85. The molecule has 2 N–H and O–H groups in total. The second-order valence-corrected chi connectivity index (χ2v) is 5.22. The van der Waals surface area contributed by atoms with E-state index in [1.54, 1.807) is 18.2 Å². The van der Waals surface area contributed by atoms with E-state index < -0.39 is 5.97 Å². The van der Waals surface area contributed by atoms with Crippen molar-refractivity contribution in [3.05, 3.63) is 64.1 Å².